The Morgan fingerprint density at radius 3 is 2.40 bits per heavy atom. The largest absolute Gasteiger partial charge is 0.304 e. The van der Waals surface area contributed by atoms with Crippen LogP contribution in [0.25, 0.3) is 0 Å². The molecule has 0 amide bonds. The van der Waals surface area contributed by atoms with Crippen LogP contribution in [0, 0.1) is 0 Å². The van der Waals surface area contributed by atoms with Crippen LogP contribution in [0.2, 0.25) is 0 Å². The zero-order chi connectivity index (χ0) is 14.2. The first-order chi connectivity index (χ1) is 8.81. The van der Waals surface area contributed by atoms with Crippen LogP contribution in [-0.4, -0.2) is 22.8 Å². The van der Waals surface area contributed by atoms with E-state index in [4.69, 9.17) is 0 Å². The molecule has 1 N–H and O–H groups in total. The van der Waals surface area contributed by atoms with E-state index in [-0.39, 0.29) is 29.5 Å². The molecule has 1 aromatic carbocycles. The average molecular weight is 295 g/mol. The van der Waals surface area contributed by atoms with Crippen molar-refractivity contribution in [1.29, 1.82) is 0 Å². The van der Waals surface area contributed by atoms with Gasteiger partial charge in [-0.25, -0.2) is 0 Å². The number of hydrazone groups is 1. The molecular formula is C15H19ClN2O2. The van der Waals surface area contributed by atoms with E-state index in [1.807, 2.05) is 45.0 Å². The first kappa shape index (κ1) is 16.4. The highest BCUT2D eigenvalue weighted by Crippen LogP contribution is 2.31. The van der Waals surface area contributed by atoms with Crippen molar-refractivity contribution >= 4 is 29.7 Å². The summed E-state index contributed by atoms with van der Waals surface area (Å²) in [6.07, 6.45) is 0. The number of carbonyl (C=O) groups is 2. The Kier molecular flexibility index (Phi) is 4.71. The average Bonchev–Trinajstić information content (AvgIpc) is 2.57. The lowest BCUT2D eigenvalue weighted by molar-refractivity contribution is -0.124. The second-order valence-corrected chi connectivity index (χ2v) is 5.82. The molecule has 0 saturated heterocycles. The number of nitrogens with one attached hydrogen (secondary N) is 1. The molecule has 0 radical (unpaired) electrons. The van der Waals surface area contributed by atoms with Crippen LogP contribution in [0.3, 0.4) is 0 Å². The van der Waals surface area contributed by atoms with E-state index < -0.39 is 5.92 Å². The summed E-state index contributed by atoms with van der Waals surface area (Å²) < 4.78 is 0. The van der Waals surface area contributed by atoms with Crippen LogP contribution in [0.15, 0.2) is 29.4 Å². The fourth-order valence-corrected chi connectivity index (χ4v) is 2.12. The maximum Gasteiger partial charge on any atom is 0.198 e. The number of ketones is 2. The zero-order valence-electron chi connectivity index (χ0n) is 12.1. The van der Waals surface area contributed by atoms with Crippen molar-refractivity contribution in [3.05, 3.63) is 35.4 Å². The Morgan fingerprint density at radius 1 is 1.25 bits per heavy atom. The van der Waals surface area contributed by atoms with Gasteiger partial charge in [-0.15, -0.1) is 12.4 Å². The summed E-state index contributed by atoms with van der Waals surface area (Å²) in [5, 5.41) is 4.21. The summed E-state index contributed by atoms with van der Waals surface area (Å²) in [6.45, 7) is 7.33. The van der Waals surface area contributed by atoms with E-state index in [9.17, 15) is 9.59 Å². The lowest BCUT2D eigenvalue weighted by Crippen LogP contribution is -2.33. The van der Waals surface area contributed by atoms with E-state index in [1.165, 1.54) is 6.92 Å². The van der Waals surface area contributed by atoms with E-state index >= 15 is 0 Å². The van der Waals surface area contributed by atoms with Gasteiger partial charge in [-0.3, -0.25) is 9.59 Å². The molecule has 0 bridgehead atoms. The minimum Gasteiger partial charge on any atom is -0.304 e. The van der Waals surface area contributed by atoms with Crippen LogP contribution >= 0.6 is 12.4 Å². The lowest BCUT2D eigenvalue weighted by Gasteiger charge is -2.17. The Hall–Kier alpha value is -1.68. The number of Topliss-reactive ketones (excluding diaryl/α,β-unsaturated/α-hetero) is 2. The lowest BCUT2D eigenvalue weighted by atomic mass is 9.97. The van der Waals surface area contributed by atoms with Gasteiger partial charge in [-0.2, -0.15) is 5.10 Å². The minimum atomic E-state index is -0.697. The van der Waals surface area contributed by atoms with Crippen molar-refractivity contribution in [3.63, 3.8) is 0 Å². The van der Waals surface area contributed by atoms with Crippen molar-refractivity contribution < 1.29 is 9.59 Å². The van der Waals surface area contributed by atoms with Crippen molar-refractivity contribution in [1.82, 2.24) is 5.43 Å². The molecule has 20 heavy (non-hydrogen) atoms. The van der Waals surface area contributed by atoms with Crippen LogP contribution in [-0.2, 0) is 9.59 Å². The van der Waals surface area contributed by atoms with E-state index in [0.29, 0.717) is 5.71 Å². The summed E-state index contributed by atoms with van der Waals surface area (Å²) in [5.41, 5.74) is 4.59. The first-order valence-electron chi connectivity index (χ1n) is 6.30. The van der Waals surface area contributed by atoms with E-state index in [2.05, 4.69) is 10.5 Å². The number of fused-ring (bicyclic) bond motifs is 1. The van der Waals surface area contributed by atoms with E-state index in [1.54, 1.807) is 0 Å². The highest BCUT2D eigenvalue weighted by Gasteiger charge is 2.39. The summed E-state index contributed by atoms with van der Waals surface area (Å²) in [4.78, 5) is 24.0. The Balaban J connectivity index is 0.00000200. The summed E-state index contributed by atoms with van der Waals surface area (Å²) in [6, 6.07) is 7.33. The molecule has 0 aliphatic heterocycles. The molecule has 1 atom stereocenters. The fourth-order valence-electron chi connectivity index (χ4n) is 2.12. The predicted octanol–water partition coefficient (Wildman–Crippen LogP) is 2.46. The molecule has 4 nitrogen and oxygen atoms in total. The highest BCUT2D eigenvalue weighted by atomic mass is 35.5. The number of hydrogen-bond donors (Lipinski definition) is 1. The third-order valence-corrected chi connectivity index (χ3v) is 2.93. The van der Waals surface area contributed by atoms with Gasteiger partial charge in [-0.1, -0.05) is 24.3 Å². The molecule has 0 saturated carbocycles. The molecule has 0 fully saturated rings. The third kappa shape index (κ3) is 3.07. The molecule has 1 aliphatic carbocycles. The maximum atomic E-state index is 12.3. The normalized spacial score (nSPS) is 19.5. The number of halogens is 1. The Labute approximate surface area is 125 Å². The van der Waals surface area contributed by atoms with Crippen LogP contribution < -0.4 is 5.43 Å². The molecule has 0 aromatic heterocycles. The van der Waals surface area contributed by atoms with Gasteiger partial charge in [0.25, 0.3) is 0 Å². The van der Waals surface area contributed by atoms with E-state index in [0.717, 1.165) is 11.1 Å². The van der Waals surface area contributed by atoms with Crippen molar-refractivity contribution in [2.24, 2.45) is 5.10 Å². The third-order valence-electron chi connectivity index (χ3n) is 2.93. The van der Waals surface area contributed by atoms with Gasteiger partial charge in [0.15, 0.2) is 5.78 Å². The van der Waals surface area contributed by atoms with Crippen molar-refractivity contribution in [2.75, 3.05) is 0 Å². The van der Waals surface area contributed by atoms with Gasteiger partial charge in [0.1, 0.15) is 17.4 Å². The number of rotatable bonds is 2. The Morgan fingerprint density at radius 2 is 1.85 bits per heavy atom. The van der Waals surface area contributed by atoms with Crippen molar-refractivity contribution in [3.8, 4) is 0 Å². The summed E-state index contributed by atoms with van der Waals surface area (Å²) >= 11 is 0. The van der Waals surface area contributed by atoms with Crippen LogP contribution in [0.5, 0.6) is 0 Å². The van der Waals surface area contributed by atoms with Gasteiger partial charge in [0.05, 0.1) is 0 Å². The maximum absolute atomic E-state index is 12.3. The van der Waals surface area contributed by atoms with Gasteiger partial charge in [-0.05, 0) is 33.3 Å². The van der Waals surface area contributed by atoms with Crippen molar-refractivity contribution in [2.45, 2.75) is 39.2 Å². The van der Waals surface area contributed by atoms with Gasteiger partial charge < -0.3 is 5.43 Å². The summed E-state index contributed by atoms with van der Waals surface area (Å²) in [7, 11) is 0. The van der Waals surface area contributed by atoms with Gasteiger partial charge >= 0.3 is 0 Å². The quantitative estimate of drug-likeness (QED) is 0.673. The molecule has 1 unspecified atom stereocenters. The number of benzene rings is 1. The Bertz CT molecular complexity index is 573. The smallest absolute Gasteiger partial charge is 0.198 e. The van der Waals surface area contributed by atoms with Gasteiger partial charge in [0, 0.05) is 11.1 Å². The van der Waals surface area contributed by atoms with Crippen LogP contribution in [0.1, 0.15) is 44.7 Å². The monoisotopic (exact) mass is 294 g/mol. The van der Waals surface area contributed by atoms with Gasteiger partial charge in [0.2, 0.25) is 0 Å². The molecule has 1 aliphatic rings. The SMILES string of the molecule is CC(=O)C1C(=O)/C(=N\NC(C)(C)C)c2ccccc21.Cl. The van der Waals surface area contributed by atoms with Crippen LogP contribution in [0.4, 0.5) is 0 Å². The fraction of sp³-hybridized carbons (Fsp3) is 0.400. The minimum absolute atomic E-state index is 0. The molecule has 0 spiro atoms. The summed E-state index contributed by atoms with van der Waals surface area (Å²) in [5.74, 6) is -1.06. The molecule has 0 heterocycles. The molecule has 1 aromatic rings. The number of carbonyl (C=O) groups excluding carboxylic acids is 2. The topological polar surface area (TPSA) is 58.5 Å². The first-order valence-corrected chi connectivity index (χ1v) is 6.30. The predicted molar refractivity (Wildman–Crippen MR) is 81.5 cm³/mol. The second kappa shape index (κ2) is 5.75. The molecule has 108 valence electrons. The second-order valence-electron chi connectivity index (χ2n) is 5.82. The number of nitrogens with zero attached hydrogens (tertiary/aromatic N) is 1. The zero-order valence-corrected chi connectivity index (χ0v) is 12.9. The standard InChI is InChI=1S/C15H18N2O2.ClH/c1-9(18)12-10-7-5-6-8-11(10)13(14(12)19)16-17-15(2,3)4;/h5-8,12,17H,1-4H3;1H/b16-13-;. The highest BCUT2D eigenvalue weighted by molar-refractivity contribution is 6.54. The number of hydrogen-bond acceptors (Lipinski definition) is 4. The molecule has 5 heteroatoms. The molecular weight excluding hydrogens is 276 g/mol. The molecule has 2 rings (SSSR count).